The van der Waals surface area contributed by atoms with E-state index in [-0.39, 0.29) is 11.8 Å². The van der Waals surface area contributed by atoms with Gasteiger partial charge in [-0.25, -0.2) is 0 Å². The van der Waals surface area contributed by atoms with Crippen LogP contribution in [0.1, 0.15) is 43.9 Å². The molecule has 0 aromatic heterocycles. The summed E-state index contributed by atoms with van der Waals surface area (Å²) in [7, 11) is 1.65. The average molecular weight is 355 g/mol. The van der Waals surface area contributed by atoms with Gasteiger partial charge >= 0.3 is 5.97 Å². The van der Waals surface area contributed by atoms with E-state index in [4.69, 9.17) is 9.84 Å². The molecule has 0 radical (unpaired) electrons. The predicted octanol–water partition coefficient (Wildman–Crippen LogP) is 4.47. The number of carboxylic acids is 1. The SMILES string of the molecule is COc1ccc(CN(CCC(=O)O)Cc2ccc(C(C)(C)C)cc2)cc1. The zero-order valence-electron chi connectivity index (χ0n) is 16.2. The van der Waals surface area contributed by atoms with E-state index in [0.29, 0.717) is 13.1 Å². The molecule has 1 N–H and O–H groups in total. The van der Waals surface area contributed by atoms with Crippen LogP contribution in [0.25, 0.3) is 0 Å². The Labute approximate surface area is 156 Å². The van der Waals surface area contributed by atoms with Crippen LogP contribution in [0, 0.1) is 0 Å². The van der Waals surface area contributed by atoms with Crippen LogP contribution in [0.3, 0.4) is 0 Å². The van der Waals surface area contributed by atoms with Crippen LogP contribution >= 0.6 is 0 Å². The van der Waals surface area contributed by atoms with E-state index in [1.165, 1.54) is 11.1 Å². The van der Waals surface area contributed by atoms with Crippen LogP contribution in [0.15, 0.2) is 48.5 Å². The van der Waals surface area contributed by atoms with Crippen molar-refractivity contribution in [3.8, 4) is 5.75 Å². The molecule has 4 heteroatoms. The van der Waals surface area contributed by atoms with E-state index in [9.17, 15) is 4.79 Å². The Kier molecular flexibility index (Phi) is 6.81. The number of hydrogen-bond acceptors (Lipinski definition) is 3. The fourth-order valence-electron chi connectivity index (χ4n) is 2.83. The highest BCUT2D eigenvalue weighted by Gasteiger charge is 2.14. The molecule has 2 aromatic carbocycles. The van der Waals surface area contributed by atoms with Crippen LogP contribution in [-0.4, -0.2) is 29.6 Å². The van der Waals surface area contributed by atoms with Crippen LogP contribution in [0.4, 0.5) is 0 Å². The number of methoxy groups -OCH3 is 1. The van der Waals surface area contributed by atoms with Gasteiger partial charge in [-0.3, -0.25) is 9.69 Å². The van der Waals surface area contributed by atoms with Crippen molar-refractivity contribution in [3.63, 3.8) is 0 Å². The number of ether oxygens (including phenoxy) is 1. The lowest BCUT2D eigenvalue weighted by atomic mass is 9.87. The van der Waals surface area contributed by atoms with E-state index in [1.807, 2.05) is 24.3 Å². The summed E-state index contributed by atoms with van der Waals surface area (Å²) >= 11 is 0. The molecule has 0 aliphatic carbocycles. The standard InChI is InChI=1S/C22H29NO3/c1-22(2,3)19-9-5-17(6-10-19)15-23(14-13-21(24)25)16-18-7-11-20(26-4)12-8-18/h5-12H,13-16H2,1-4H3,(H,24,25). The molecule has 0 aliphatic rings. The van der Waals surface area contributed by atoms with Crippen LogP contribution in [0.5, 0.6) is 5.75 Å². The maximum atomic E-state index is 11.0. The summed E-state index contributed by atoms with van der Waals surface area (Å²) in [6, 6.07) is 16.5. The van der Waals surface area contributed by atoms with E-state index < -0.39 is 5.97 Å². The van der Waals surface area contributed by atoms with Crippen LogP contribution < -0.4 is 4.74 Å². The van der Waals surface area contributed by atoms with Crippen molar-refractivity contribution in [1.29, 1.82) is 0 Å². The minimum Gasteiger partial charge on any atom is -0.497 e. The first-order valence-corrected chi connectivity index (χ1v) is 8.94. The summed E-state index contributed by atoms with van der Waals surface area (Å²) < 4.78 is 5.20. The highest BCUT2D eigenvalue weighted by atomic mass is 16.5. The van der Waals surface area contributed by atoms with Crippen molar-refractivity contribution in [1.82, 2.24) is 4.90 Å². The maximum absolute atomic E-state index is 11.0. The zero-order valence-corrected chi connectivity index (χ0v) is 16.2. The van der Waals surface area contributed by atoms with Crippen molar-refractivity contribution >= 4 is 5.97 Å². The van der Waals surface area contributed by atoms with Gasteiger partial charge in [-0.1, -0.05) is 57.2 Å². The highest BCUT2D eigenvalue weighted by Crippen LogP contribution is 2.23. The normalized spacial score (nSPS) is 11.6. The van der Waals surface area contributed by atoms with Gasteiger partial charge in [0.1, 0.15) is 5.75 Å². The topological polar surface area (TPSA) is 49.8 Å². The lowest BCUT2D eigenvalue weighted by Crippen LogP contribution is -2.25. The first-order valence-electron chi connectivity index (χ1n) is 8.94. The van der Waals surface area contributed by atoms with E-state index in [1.54, 1.807) is 7.11 Å². The minimum atomic E-state index is -0.771. The summed E-state index contributed by atoms with van der Waals surface area (Å²) in [5.74, 6) is 0.0522. The van der Waals surface area contributed by atoms with Crippen LogP contribution in [-0.2, 0) is 23.3 Å². The Morgan fingerprint density at radius 2 is 1.46 bits per heavy atom. The van der Waals surface area contributed by atoms with Gasteiger partial charge in [-0.05, 0) is 34.2 Å². The minimum absolute atomic E-state index is 0.130. The first kappa shape index (κ1) is 20.0. The summed E-state index contributed by atoms with van der Waals surface area (Å²) in [6.07, 6.45) is 0.135. The van der Waals surface area contributed by atoms with Gasteiger partial charge in [0.2, 0.25) is 0 Å². The number of aliphatic carboxylic acids is 1. The molecule has 2 rings (SSSR count). The number of carboxylic acid groups (broad SMARTS) is 1. The third-order valence-electron chi connectivity index (χ3n) is 4.43. The average Bonchev–Trinajstić information content (AvgIpc) is 2.60. The third kappa shape index (κ3) is 6.19. The lowest BCUT2D eigenvalue weighted by Gasteiger charge is -2.23. The number of hydrogen-bond donors (Lipinski definition) is 1. The molecule has 0 fully saturated rings. The first-order chi connectivity index (χ1) is 12.3. The Hall–Kier alpha value is -2.33. The molecule has 0 heterocycles. The number of rotatable bonds is 8. The quantitative estimate of drug-likeness (QED) is 0.759. The van der Waals surface area contributed by atoms with E-state index >= 15 is 0 Å². The summed E-state index contributed by atoms with van der Waals surface area (Å²) in [6.45, 7) is 8.55. The number of benzene rings is 2. The van der Waals surface area contributed by atoms with Gasteiger partial charge in [0.15, 0.2) is 0 Å². The molecule has 0 unspecified atom stereocenters. The molecule has 0 aliphatic heterocycles. The van der Waals surface area contributed by atoms with Gasteiger partial charge in [0.05, 0.1) is 13.5 Å². The second-order valence-corrected chi connectivity index (χ2v) is 7.65. The molecule has 0 saturated carbocycles. The molecule has 0 spiro atoms. The fraction of sp³-hybridized carbons (Fsp3) is 0.409. The van der Waals surface area contributed by atoms with Crippen molar-refractivity contribution in [3.05, 3.63) is 65.2 Å². The van der Waals surface area contributed by atoms with Gasteiger partial charge in [0.25, 0.3) is 0 Å². The smallest absolute Gasteiger partial charge is 0.304 e. The number of carbonyl (C=O) groups is 1. The van der Waals surface area contributed by atoms with Crippen molar-refractivity contribution in [2.75, 3.05) is 13.7 Å². The summed E-state index contributed by atoms with van der Waals surface area (Å²) in [4.78, 5) is 13.2. The van der Waals surface area contributed by atoms with Gasteiger partial charge in [-0.2, -0.15) is 0 Å². The highest BCUT2D eigenvalue weighted by molar-refractivity contribution is 5.66. The Morgan fingerprint density at radius 1 is 0.962 bits per heavy atom. The monoisotopic (exact) mass is 355 g/mol. The molecule has 0 bridgehead atoms. The second-order valence-electron chi connectivity index (χ2n) is 7.65. The fourth-order valence-corrected chi connectivity index (χ4v) is 2.83. The molecule has 0 amide bonds. The Balaban J connectivity index is 2.09. The third-order valence-corrected chi connectivity index (χ3v) is 4.43. The Bertz CT molecular complexity index is 700. The molecule has 4 nitrogen and oxygen atoms in total. The molecule has 140 valence electrons. The van der Waals surface area contributed by atoms with Gasteiger partial charge in [-0.15, -0.1) is 0 Å². The van der Waals surface area contributed by atoms with Crippen molar-refractivity contribution < 1.29 is 14.6 Å². The maximum Gasteiger partial charge on any atom is 0.304 e. The number of nitrogens with zero attached hydrogens (tertiary/aromatic N) is 1. The molecule has 0 atom stereocenters. The molecular weight excluding hydrogens is 326 g/mol. The summed E-state index contributed by atoms with van der Waals surface area (Å²) in [5, 5.41) is 9.05. The second kappa shape index (κ2) is 8.86. The largest absolute Gasteiger partial charge is 0.497 e. The molecule has 0 saturated heterocycles. The molecule has 2 aromatic rings. The van der Waals surface area contributed by atoms with E-state index in [2.05, 4.69) is 49.9 Å². The lowest BCUT2D eigenvalue weighted by molar-refractivity contribution is -0.137. The summed E-state index contributed by atoms with van der Waals surface area (Å²) in [5.41, 5.74) is 3.76. The Morgan fingerprint density at radius 3 is 1.88 bits per heavy atom. The van der Waals surface area contributed by atoms with Crippen molar-refractivity contribution in [2.45, 2.75) is 45.7 Å². The van der Waals surface area contributed by atoms with E-state index in [0.717, 1.165) is 17.9 Å². The molecule has 26 heavy (non-hydrogen) atoms. The van der Waals surface area contributed by atoms with Crippen LogP contribution in [0.2, 0.25) is 0 Å². The molecular formula is C22H29NO3. The zero-order chi connectivity index (χ0) is 19.2. The van der Waals surface area contributed by atoms with Gasteiger partial charge in [0, 0.05) is 19.6 Å². The predicted molar refractivity (Wildman–Crippen MR) is 105 cm³/mol. The van der Waals surface area contributed by atoms with Crippen molar-refractivity contribution in [2.24, 2.45) is 0 Å². The van der Waals surface area contributed by atoms with Gasteiger partial charge < -0.3 is 9.84 Å².